The highest BCUT2D eigenvalue weighted by atomic mass is 16.5. The van der Waals surface area contributed by atoms with E-state index in [2.05, 4.69) is 10.6 Å². The molecule has 2 N–H and O–H groups in total. The summed E-state index contributed by atoms with van der Waals surface area (Å²) in [6.07, 6.45) is 0. The minimum Gasteiger partial charge on any atom is -0.493 e. The highest BCUT2D eigenvalue weighted by molar-refractivity contribution is 6.07. The van der Waals surface area contributed by atoms with Crippen molar-refractivity contribution in [3.63, 3.8) is 0 Å². The zero-order chi connectivity index (χ0) is 18.4. The molecule has 0 aliphatic rings. The maximum absolute atomic E-state index is 12.6. The molecule has 0 bridgehead atoms. The molecule has 0 aliphatic heterocycles. The van der Waals surface area contributed by atoms with Crippen LogP contribution in [-0.2, 0) is 4.79 Å². The Hall–Kier alpha value is -3.22. The molecule has 25 heavy (non-hydrogen) atoms. The Balaban J connectivity index is 2.24. The number of ether oxygens (including phenoxy) is 3. The summed E-state index contributed by atoms with van der Waals surface area (Å²) in [6.45, 7) is 1.43. The average Bonchev–Trinajstić information content (AvgIpc) is 2.61. The molecule has 0 heterocycles. The van der Waals surface area contributed by atoms with Crippen molar-refractivity contribution in [2.24, 2.45) is 0 Å². The van der Waals surface area contributed by atoms with Gasteiger partial charge in [-0.25, -0.2) is 0 Å². The molecular weight excluding hydrogens is 324 g/mol. The van der Waals surface area contributed by atoms with E-state index >= 15 is 0 Å². The predicted octanol–water partition coefficient (Wildman–Crippen LogP) is 2.92. The van der Waals surface area contributed by atoms with Gasteiger partial charge in [0.1, 0.15) is 0 Å². The predicted molar refractivity (Wildman–Crippen MR) is 94.8 cm³/mol. The van der Waals surface area contributed by atoms with Gasteiger partial charge in [0.15, 0.2) is 11.5 Å². The largest absolute Gasteiger partial charge is 0.493 e. The number of methoxy groups -OCH3 is 3. The monoisotopic (exact) mass is 344 g/mol. The molecule has 7 nitrogen and oxygen atoms in total. The fourth-order valence-electron chi connectivity index (χ4n) is 2.32. The van der Waals surface area contributed by atoms with Crippen LogP contribution in [0.5, 0.6) is 17.2 Å². The second kappa shape index (κ2) is 8.05. The molecule has 2 rings (SSSR count). The molecule has 132 valence electrons. The zero-order valence-electron chi connectivity index (χ0n) is 14.5. The molecule has 2 amide bonds. The Morgan fingerprint density at radius 3 is 1.80 bits per heavy atom. The zero-order valence-corrected chi connectivity index (χ0v) is 14.5. The summed E-state index contributed by atoms with van der Waals surface area (Å²) in [7, 11) is 4.44. The highest BCUT2D eigenvalue weighted by Gasteiger charge is 2.20. The highest BCUT2D eigenvalue weighted by Crippen LogP contribution is 2.39. The lowest BCUT2D eigenvalue weighted by atomic mass is 10.1. The van der Waals surface area contributed by atoms with Crippen molar-refractivity contribution >= 4 is 23.2 Å². The third kappa shape index (κ3) is 4.20. The van der Waals surface area contributed by atoms with Crippen molar-refractivity contribution in [1.82, 2.24) is 0 Å². The van der Waals surface area contributed by atoms with Crippen molar-refractivity contribution in [2.75, 3.05) is 32.0 Å². The molecule has 0 aliphatic carbocycles. The first-order valence-electron chi connectivity index (χ1n) is 7.48. The van der Waals surface area contributed by atoms with Gasteiger partial charge in [0.05, 0.1) is 26.9 Å². The standard InChI is InChI=1S/C18H20N2O5/c1-11(21)19-12-5-7-13(8-6-12)20-18(22)14-9-10-15(23-2)17(25-4)16(14)24-3/h5-10H,1-4H3,(H,19,21)(H,20,22). The van der Waals surface area contributed by atoms with Crippen molar-refractivity contribution in [3.8, 4) is 17.2 Å². The van der Waals surface area contributed by atoms with Gasteiger partial charge < -0.3 is 24.8 Å². The van der Waals surface area contributed by atoms with Gasteiger partial charge >= 0.3 is 0 Å². The van der Waals surface area contributed by atoms with Crippen LogP contribution >= 0.6 is 0 Å². The third-order valence-electron chi connectivity index (χ3n) is 3.41. The van der Waals surface area contributed by atoms with Crippen LogP contribution in [-0.4, -0.2) is 33.1 Å². The van der Waals surface area contributed by atoms with Crippen LogP contribution in [0.3, 0.4) is 0 Å². The Morgan fingerprint density at radius 2 is 1.32 bits per heavy atom. The second-order valence-electron chi connectivity index (χ2n) is 5.09. The Morgan fingerprint density at radius 1 is 0.760 bits per heavy atom. The number of carbonyl (C=O) groups excluding carboxylic acids is 2. The summed E-state index contributed by atoms with van der Waals surface area (Å²) in [5.41, 5.74) is 1.54. The van der Waals surface area contributed by atoms with Gasteiger partial charge in [0.25, 0.3) is 5.91 Å². The minimum atomic E-state index is -0.356. The maximum Gasteiger partial charge on any atom is 0.259 e. The molecule has 0 spiro atoms. The fraction of sp³-hybridized carbons (Fsp3) is 0.222. The molecule has 2 aromatic carbocycles. The lowest BCUT2D eigenvalue weighted by Crippen LogP contribution is -2.14. The van der Waals surface area contributed by atoms with Gasteiger partial charge in [-0.1, -0.05) is 0 Å². The van der Waals surface area contributed by atoms with Crippen LogP contribution in [0.15, 0.2) is 36.4 Å². The summed E-state index contributed by atoms with van der Waals surface area (Å²) in [5.74, 6) is 0.584. The van der Waals surface area contributed by atoms with E-state index < -0.39 is 0 Å². The van der Waals surface area contributed by atoms with E-state index in [0.29, 0.717) is 28.4 Å². The molecule has 7 heteroatoms. The lowest BCUT2D eigenvalue weighted by molar-refractivity contribution is -0.114. The number of nitrogens with one attached hydrogen (secondary N) is 2. The smallest absolute Gasteiger partial charge is 0.259 e. The average molecular weight is 344 g/mol. The van der Waals surface area contributed by atoms with E-state index in [1.807, 2.05) is 0 Å². The molecule has 0 saturated carbocycles. The van der Waals surface area contributed by atoms with Crippen LogP contribution in [0.2, 0.25) is 0 Å². The Bertz CT molecular complexity index is 772. The SMILES string of the molecule is COc1ccc(C(=O)Nc2ccc(NC(C)=O)cc2)c(OC)c1OC. The minimum absolute atomic E-state index is 0.160. The molecule has 2 aromatic rings. The van der Waals surface area contributed by atoms with Crippen molar-refractivity contribution < 1.29 is 23.8 Å². The number of hydrogen-bond donors (Lipinski definition) is 2. The van der Waals surface area contributed by atoms with E-state index in [1.54, 1.807) is 36.4 Å². The lowest BCUT2D eigenvalue weighted by Gasteiger charge is -2.15. The summed E-state index contributed by atoms with van der Waals surface area (Å²) in [5, 5.41) is 5.44. The summed E-state index contributed by atoms with van der Waals surface area (Å²) in [4.78, 5) is 23.6. The van der Waals surface area contributed by atoms with Crippen LogP contribution < -0.4 is 24.8 Å². The van der Waals surface area contributed by atoms with Crippen LogP contribution in [0.4, 0.5) is 11.4 Å². The molecule has 0 atom stereocenters. The molecule has 0 saturated heterocycles. The van der Waals surface area contributed by atoms with Gasteiger partial charge in [-0.05, 0) is 36.4 Å². The Kier molecular flexibility index (Phi) is 5.84. The summed E-state index contributed by atoms with van der Waals surface area (Å²) >= 11 is 0. The first-order chi connectivity index (χ1) is 12.0. The summed E-state index contributed by atoms with van der Waals surface area (Å²) < 4.78 is 15.8. The topological polar surface area (TPSA) is 85.9 Å². The second-order valence-corrected chi connectivity index (χ2v) is 5.09. The van der Waals surface area contributed by atoms with E-state index in [9.17, 15) is 9.59 Å². The normalized spacial score (nSPS) is 9.92. The van der Waals surface area contributed by atoms with Gasteiger partial charge in [-0.3, -0.25) is 9.59 Å². The Labute approximate surface area is 145 Å². The number of carbonyl (C=O) groups is 2. The van der Waals surface area contributed by atoms with Gasteiger partial charge in [-0.15, -0.1) is 0 Å². The van der Waals surface area contributed by atoms with E-state index in [1.165, 1.54) is 28.3 Å². The first kappa shape index (κ1) is 18.1. The number of benzene rings is 2. The summed E-state index contributed by atoms with van der Waals surface area (Å²) in [6, 6.07) is 10.0. The van der Waals surface area contributed by atoms with Crippen LogP contribution in [0.1, 0.15) is 17.3 Å². The first-order valence-corrected chi connectivity index (χ1v) is 7.48. The van der Waals surface area contributed by atoms with Crippen molar-refractivity contribution in [1.29, 1.82) is 0 Å². The van der Waals surface area contributed by atoms with Gasteiger partial charge in [0.2, 0.25) is 11.7 Å². The van der Waals surface area contributed by atoms with E-state index in [4.69, 9.17) is 14.2 Å². The quantitative estimate of drug-likeness (QED) is 0.841. The molecule has 0 radical (unpaired) electrons. The number of anilines is 2. The molecular formula is C18H20N2O5. The third-order valence-corrected chi connectivity index (χ3v) is 3.41. The van der Waals surface area contributed by atoms with Crippen LogP contribution in [0.25, 0.3) is 0 Å². The van der Waals surface area contributed by atoms with E-state index in [-0.39, 0.29) is 17.6 Å². The molecule has 0 unspecified atom stereocenters. The van der Waals surface area contributed by atoms with Crippen LogP contribution in [0, 0.1) is 0 Å². The number of hydrogen-bond acceptors (Lipinski definition) is 5. The fourth-order valence-corrected chi connectivity index (χ4v) is 2.32. The molecule has 0 fully saturated rings. The van der Waals surface area contributed by atoms with Crippen molar-refractivity contribution in [3.05, 3.63) is 42.0 Å². The molecule has 0 aromatic heterocycles. The van der Waals surface area contributed by atoms with E-state index in [0.717, 1.165) is 0 Å². The van der Waals surface area contributed by atoms with Gasteiger partial charge in [-0.2, -0.15) is 0 Å². The van der Waals surface area contributed by atoms with Gasteiger partial charge in [0, 0.05) is 18.3 Å². The number of amides is 2. The number of rotatable bonds is 6. The van der Waals surface area contributed by atoms with Crippen molar-refractivity contribution in [2.45, 2.75) is 6.92 Å². The maximum atomic E-state index is 12.6.